The van der Waals surface area contributed by atoms with Crippen molar-refractivity contribution in [2.45, 2.75) is 107 Å². The van der Waals surface area contributed by atoms with Gasteiger partial charge in [-0.1, -0.05) is 127 Å². The normalized spacial score (nSPS) is 14.5. The highest BCUT2D eigenvalue weighted by Crippen LogP contribution is 2.29. The molecule has 0 bridgehead atoms. The molecule has 0 amide bonds. The number of esters is 9. The van der Waals surface area contributed by atoms with Gasteiger partial charge in [-0.25, -0.2) is 33.6 Å². The van der Waals surface area contributed by atoms with Gasteiger partial charge in [-0.2, -0.15) is 0 Å². The number of carbonyl (C=O) groups excluding carboxylic acids is 9. The van der Waals surface area contributed by atoms with Crippen LogP contribution in [0, 0.1) is 0 Å². The number of ether oxygens (including phenoxy) is 11. The van der Waals surface area contributed by atoms with E-state index in [1.165, 1.54) is 146 Å². The van der Waals surface area contributed by atoms with Crippen molar-refractivity contribution in [2.75, 3.05) is 19.8 Å². The van der Waals surface area contributed by atoms with E-state index in [4.69, 9.17) is 52.1 Å². The molecule has 0 fully saturated rings. The van der Waals surface area contributed by atoms with Crippen LogP contribution in [0.2, 0.25) is 0 Å². The highest BCUT2D eigenvalue weighted by Gasteiger charge is 2.48. The summed E-state index contributed by atoms with van der Waals surface area (Å²) in [6.45, 7) is -0.335. The third-order valence-corrected chi connectivity index (χ3v) is 14.1. The van der Waals surface area contributed by atoms with Crippen LogP contribution >= 0.6 is 0 Å². The third-order valence-electron chi connectivity index (χ3n) is 14.1. The summed E-state index contributed by atoms with van der Waals surface area (Å²) in [6, 6.07) is 51.8. The average Bonchev–Trinajstić information content (AvgIpc) is 0.913. The standard InChI is InChI=1S/C71H70O25/c1-44(72)89-54(57(59(62(75)76)90-45(2)73)94-71(85)60(95-68(82)51-34-20-8-21-35-51)56(92-66(80)49-30-16-6-17-31-49)53(74)38-41-86-63(77)46-24-10-3-11-25-46)39-43-88-70(84)61(96-69(83)52-36-22-9-23-37-52)58(93-67(81)50-32-18-7-19-33-50)55(91-65(79)48-28-14-5-15-29-48)40-42-87-64(78)47-26-12-4-13-27-47/h3-37,53-62,70-71,74-76,84-85H,38-43H2,1-2H3. The molecule has 7 aromatic rings. The molecule has 0 spiro atoms. The molecule has 25 heteroatoms. The van der Waals surface area contributed by atoms with Crippen molar-refractivity contribution >= 4 is 53.7 Å². The maximum atomic E-state index is 14.3. The Balaban J connectivity index is 1.27. The fourth-order valence-electron chi connectivity index (χ4n) is 9.45. The van der Waals surface area contributed by atoms with Gasteiger partial charge in [0.15, 0.2) is 49.4 Å². The zero-order chi connectivity index (χ0) is 68.9. The number of benzene rings is 7. The smallest absolute Gasteiger partial charge is 0.338 e. The van der Waals surface area contributed by atoms with Crippen molar-refractivity contribution < 1.29 is 121 Å². The molecule has 5 N–H and O–H groups in total. The molecule has 96 heavy (non-hydrogen) atoms. The Hall–Kier alpha value is -10.5. The van der Waals surface area contributed by atoms with Gasteiger partial charge >= 0.3 is 53.7 Å². The topological polar surface area (TPSA) is 356 Å². The molecule has 7 rings (SSSR count). The van der Waals surface area contributed by atoms with E-state index in [1.54, 1.807) is 66.7 Å². The van der Waals surface area contributed by atoms with Crippen LogP contribution in [-0.2, 0) is 61.7 Å². The molecule has 11 unspecified atom stereocenters. The molecular weight excluding hydrogens is 1250 g/mol. The van der Waals surface area contributed by atoms with Crippen molar-refractivity contribution in [1.29, 1.82) is 0 Å². The summed E-state index contributed by atoms with van der Waals surface area (Å²) in [5, 5.41) is 58.8. The van der Waals surface area contributed by atoms with E-state index >= 15 is 0 Å². The van der Waals surface area contributed by atoms with Crippen molar-refractivity contribution in [3.05, 3.63) is 251 Å². The van der Waals surface area contributed by atoms with Crippen LogP contribution in [0.5, 0.6) is 0 Å². The summed E-state index contributed by atoms with van der Waals surface area (Å²) < 4.78 is 63.6. The minimum atomic E-state index is -2.79. The molecule has 504 valence electrons. The van der Waals surface area contributed by atoms with Crippen LogP contribution in [0.1, 0.15) is 106 Å². The molecule has 0 saturated heterocycles. The highest BCUT2D eigenvalue weighted by atomic mass is 16.7. The number of carbonyl (C=O) groups is 9. The van der Waals surface area contributed by atoms with Crippen molar-refractivity contribution in [1.82, 2.24) is 0 Å². The highest BCUT2D eigenvalue weighted by molar-refractivity contribution is 5.93. The molecular formula is C71H70O25. The summed E-state index contributed by atoms with van der Waals surface area (Å²) in [5.74, 6) is -9.72. The zero-order valence-electron chi connectivity index (χ0n) is 51.8. The molecule has 0 aliphatic rings. The van der Waals surface area contributed by atoms with Gasteiger partial charge in [-0.05, 0) is 84.9 Å². The number of rotatable bonds is 35. The maximum Gasteiger partial charge on any atom is 0.338 e. The molecule has 0 aliphatic heterocycles. The molecule has 0 radical (unpaired) electrons. The Bertz CT molecular complexity index is 3600. The second-order valence-electron chi connectivity index (χ2n) is 21.1. The van der Waals surface area contributed by atoms with Gasteiger partial charge in [0, 0.05) is 33.1 Å². The molecule has 25 nitrogen and oxygen atoms in total. The van der Waals surface area contributed by atoms with Gasteiger partial charge < -0.3 is 77.6 Å². The summed E-state index contributed by atoms with van der Waals surface area (Å²) in [7, 11) is 0. The van der Waals surface area contributed by atoms with Crippen LogP contribution in [0.25, 0.3) is 0 Å². The van der Waals surface area contributed by atoms with E-state index in [0.717, 1.165) is 13.8 Å². The molecule has 0 saturated carbocycles. The van der Waals surface area contributed by atoms with Crippen LogP contribution in [-0.4, -0.2) is 173 Å². The van der Waals surface area contributed by atoms with Crippen molar-refractivity contribution in [3.63, 3.8) is 0 Å². The summed E-state index contributed by atoms with van der Waals surface area (Å²) >= 11 is 0. The Kier molecular flexibility index (Phi) is 28.4. The monoisotopic (exact) mass is 1320 g/mol. The number of hydrogen-bond donors (Lipinski definition) is 5. The molecule has 0 heterocycles. The van der Waals surface area contributed by atoms with Crippen LogP contribution < -0.4 is 0 Å². The lowest BCUT2D eigenvalue weighted by Crippen LogP contribution is -2.56. The summed E-state index contributed by atoms with van der Waals surface area (Å²) in [6.07, 6.45) is -29.6. The fourth-order valence-corrected chi connectivity index (χ4v) is 9.45. The van der Waals surface area contributed by atoms with Gasteiger partial charge in [0.1, 0.15) is 18.3 Å². The first-order valence-corrected chi connectivity index (χ1v) is 30.0. The predicted octanol–water partition coefficient (Wildman–Crippen LogP) is 6.57. The van der Waals surface area contributed by atoms with Crippen LogP contribution in [0.3, 0.4) is 0 Å². The van der Waals surface area contributed by atoms with Gasteiger partial charge in [-0.3, -0.25) is 9.59 Å². The summed E-state index contributed by atoms with van der Waals surface area (Å²) in [5.41, 5.74) is -0.242. The Morgan fingerprint density at radius 1 is 0.292 bits per heavy atom. The first kappa shape index (κ1) is 72.9. The van der Waals surface area contributed by atoms with E-state index in [-0.39, 0.29) is 38.9 Å². The zero-order valence-corrected chi connectivity index (χ0v) is 51.8. The summed E-state index contributed by atoms with van der Waals surface area (Å²) in [4.78, 5) is 123. The minimum Gasteiger partial charge on any atom is -0.462 e. The van der Waals surface area contributed by atoms with Gasteiger partial charge in [0.25, 0.3) is 0 Å². The van der Waals surface area contributed by atoms with E-state index < -0.39 is 167 Å². The predicted molar refractivity (Wildman–Crippen MR) is 334 cm³/mol. The van der Waals surface area contributed by atoms with Crippen molar-refractivity contribution in [3.8, 4) is 0 Å². The lowest BCUT2D eigenvalue weighted by Gasteiger charge is -2.38. The number of aliphatic hydroxyl groups is 5. The Morgan fingerprint density at radius 2 is 0.583 bits per heavy atom. The van der Waals surface area contributed by atoms with Crippen molar-refractivity contribution in [2.24, 2.45) is 0 Å². The molecule has 11 atom stereocenters. The van der Waals surface area contributed by atoms with Crippen LogP contribution in [0.15, 0.2) is 212 Å². The van der Waals surface area contributed by atoms with Gasteiger partial charge in [0.05, 0.1) is 64.9 Å². The van der Waals surface area contributed by atoms with Gasteiger partial charge in [-0.15, -0.1) is 0 Å². The molecule has 0 aromatic heterocycles. The van der Waals surface area contributed by atoms with E-state index in [0.29, 0.717) is 0 Å². The molecule has 0 aliphatic carbocycles. The van der Waals surface area contributed by atoms with E-state index in [9.17, 15) is 68.7 Å². The van der Waals surface area contributed by atoms with E-state index in [1.807, 2.05) is 0 Å². The number of aliphatic hydroxyl groups excluding tert-OH is 4. The number of hydrogen-bond acceptors (Lipinski definition) is 25. The minimum absolute atomic E-state index is 0.0209. The average molecular weight is 1320 g/mol. The first-order chi connectivity index (χ1) is 46.3. The second kappa shape index (κ2) is 37.4. The lowest BCUT2D eigenvalue weighted by molar-refractivity contribution is -0.275. The Morgan fingerprint density at radius 3 is 0.938 bits per heavy atom. The quantitative estimate of drug-likeness (QED) is 0.0159. The molecule has 7 aromatic carbocycles. The lowest BCUT2D eigenvalue weighted by atomic mass is 10.0. The first-order valence-electron chi connectivity index (χ1n) is 30.0. The SMILES string of the molecule is CC(=O)OC(CCOC(O)C(OC(=O)c1ccccc1)C(OC(=O)c1ccccc1)C(CCOC(=O)c1ccccc1)OC(=O)c1ccccc1)C(OC(O)C(OC(=O)c1ccccc1)C(OC(=O)c1ccccc1)C(O)CCOC(=O)c1ccccc1)C(OC(C)=O)C(O)O. The van der Waals surface area contributed by atoms with E-state index in [2.05, 4.69) is 0 Å². The fraction of sp³-hybridized carbons (Fsp3) is 0.282. The third kappa shape index (κ3) is 22.3. The Labute approximate surface area is 550 Å². The largest absolute Gasteiger partial charge is 0.462 e. The van der Waals surface area contributed by atoms with Gasteiger partial charge in [0.2, 0.25) is 0 Å². The van der Waals surface area contributed by atoms with Crippen LogP contribution in [0.4, 0.5) is 0 Å². The second-order valence-corrected chi connectivity index (χ2v) is 21.1. The maximum absolute atomic E-state index is 14.3.